The molecular weight excluding hydrogens is 206 g/mol. The Balaban J connectivity index is 3.16. The van der Waals surface area contributed by atoms with Gasteiger partial charge in [0.05, 0.1) is 0 Å². The highest BCUT2D eigenvalue weighted by molar-refractivity contribution is 7.10. The second kappa shape index (κ2) is 4.64. The van der Waals surface area contributed by atoms with Crippen molar-refractivity contribution in [2.45, 2.75) is 44.6 Å². The smallest absolute Gasteiger partial charge is 0.0440 e. The van der Waals surface area contributed by atoms with E-state index in [1.54, 1.807) is 11.3 Å². The lowest BCUT2D eigenvalue weighted by Crippen LogP contribution is -2.53. The van der Waals surface area contributed by atoms with Crippen LogP contribution in [0.4, 0.5) is 0 Å². The lowest BCUT2D eigenvalue weighted by atomic mass is 9.67. The maximum Gasteiger partial charge on any atom is 0.0440 e. The Labute approximate surface area is 96.1 Å². The average molecular weight is 227 g/mol. The highest BCUT2D eigenvalue weighted by Gasteiger charge is 2.42. The molecule has 0 radical (unpaired) electrons. The van der Waals surface area contributed by atoms with E-state index < -0.39 is 0 Å². The van der Waals surface area contributed by atoms with E-state index in [0.717, 1.165) is 12.8 Å². The number of aliphatic hydroxyl groups is 1. The predicted molar refractivity (Wildman–Crippen MR) is 66.3 cm³/mol. The highest BCUT2D eigenvalue weighted by Crippen LogP contribution is 2.42. The summed E-state index contributed by atoms with van der Waals surface area (Å²) in [6, 6.07) is 4.17. The van der Waals surface area contributed by atoms with Crippen molar-refractivity contribution in [2.75, 3.05) is 6.61 Å². The van der Waals surface area contributed by atoms with Crippen LogP contribution in [0.5, 0.6) is 0 Å². The molecule has 3 heteroatoms. The number of nitrogens with two attached hydrogens (primary N) is 1. The van der Waals surface area contributed by atoms with Gasteiger partial charge in [-0.1, -0.05) is 13.0 Å². The van der Waals surface area contributed by atoms with E-state index in [1.165, 1.54) is 4.88 Å². The van der Waals surface area contributed by atoms with Gasteiger partial charge in [0.1, 0.15) is 0 Å². The largest absolute Gasteiger partial charge is 0.396 e. The van der Waals surface area contributed by atoms with Gasteiger partial charge in [-0.2, -0.15) is 0 Å². The SMILES string of the molecule is CCC(CCO)(c1cccs1)C(C)(C)N. The van der Waals surface area contributed by atoms with Crippen molar-refractivity contribution in [3.63, 3.8) is 0 Å². The molecule has 0 aliphatic carbocycles. The van der Waals surface area contributed by atoms with Gasteiger partial charge in [-0.25, -0.2) is 0 Å². The lowest BCUT2D eigenvalue weighted by Gasteiger charge is -2.43. The molecule has 0 saturated carbocycles. The van der Waals surface area contributed by atoms with Crippen LogP contribution in [-0.4, -0.2) is 17.3 Å². The first-order valence-electron chi connectivity index (χ1n) is 5.41. The second-order valence-corrected chi connectivity index (χ2v) is 5.56. The summed E-state index contributed by atoms with van der Waals surface area (Å²) < 4.78 is 0. The van der Waals surface area contributed by atoms with Gasteiger partial charge in [-0.05, 0) is 38.1 Å². The molecule has 0 aliphatic rings. The van der Waals surface area contributed by atoms with Crippen molar-refractivity contribution in [2.24, 2.45) is 5.73 Å². The second-order valence-electron chi connectivity index (χ2n) is 4.61. The van der Waals surface area contributed by atoms with Crippen molar-refractivity contribution in [3.05, 3.63) is 22.4 Å². The fraction of sp³-hybridized carbons (Fsp3) is 0.667. The normalized spacial score (nSPS) is 16.3. The topological polar surface area (TPSA) is 46.2 Å². The van der Waals surface area contributed by atoms with Gasteiger partial charge in [-0.15, -0.1) is 11.3 Å². The molecular formula is C12H21NOS. The van der Waals surface area contributed by atoms with Crippen molar-refractivity contribution in [1.29, 1.82) is 0 Å². The zero-order valence-electron chi connectivity index (χ0n) is 9.79. The minimum atomic E-state index is -0.310. The Bertz CT molecular complexity index is 289. The molecule has 1 aromatic rings. The maximum absolute atomic E-state index is 9.24. The Morgan fingerprint density at radius 3 is 2.47 bits per heavy atom. The molecule has 1 aromatic heterocycles. The van der Waals surface area contributed by atoms with Gasteiger partial charge in [0.15, 0.2) is 0 Å². The zero-order chi connectivity index (χ0) is 11.5. The molecule has 0 bridgehead atoms. The van der Waals surface area contributed by atoms with Crippen LogP contribution in [0.3, 0.4) is 0 Å². The molecule has 1 rings (SSSR count). The standard InChI is InChI=1S/C12H21NOS/c1-4-12(7-8-14,11(2,3)13)10-6-5-9-15-10/h5-6,9,14H,4,7-8,13H2,1-3H3. The first-order chi connectivity index (χ1) is 6.98. The van der Waals surface area contributed by atoms with Gasteiger partial charge in [-0.3, -0.25) is 0 Å². The van der Waals surface area contributed by atoms with Crippen molar-refractivity contribution in [3.8, 4) is 0 Å². The summed E-state index contributed by atoms with van der Waals surface area (Å²) in [7, 11) is 0. The molecule has 0 amide bonds. The van der Waals surface area contributed by atoms with Gasteiger partial charge in [0, 0.05) is 22.4 Å². The Morgan fingerprint density at radius 2 is 2.13 bits per heavy atom. The van der Waals surface area contributed by atoms with Crippen molar-refractivity contribution in [1.82, 2.24) is 0 Å². The fourth-order valence-corrected chi connectivity index (χ4v) is 3.51. The quantitative estimate of drug-likeness (QED) is 0.812. The maximum atomic E-state index is 9.24. The number of thiophene rings is 1. The molecule has 3 N–H and O–H groups in total. The van der Waals surface area contributed by atoms with E-state index in [4.69, 9.17) is 5.73 Å². The van der Waals surface area contributed by atoms with E-state index in [0.29, 0.717) is 0 Å². The van der Waals surface area contributed by atoms with E-state index in [9.17, 15) is 5.11 Å². The van der Waals surface area contributed by atoms with Crippen molar-refractivity contribution < 1.29 is 5.11 Å². The molecule has 1 heterocycles. The predicted octanol–water partition coefficient (Wildman–Crippen LogP) is 2.52. The van der Waals surface area contributed by atoms with Crippen LogP contribution in [0, 0.1) is 0 Å². The molecule has 2 nitrogen and oxygen atoms in total. The third-order valence-electron chi connectivity index (χ3n) is 3.37. The molecule has 0 aromatic carbocycles. The van der Waals surface area contributed by atoms with Gasteiger partial charge in [0.2, 0.25) is 0 Å². The van der Waals surface area contributed by atoms with E-state index in [2.05, 4.69) is 18.4 Å². The van der Waals surface area contributed by atoms with Crippen molar-refractivity contribution >= 4 is 11.3 Å². The fourth-order valence-electron chi connectivity index (χ4n) is 2.31. The third-order valence-corrected chi connectivity index (χ3v) is 4.44. The molecule has 0 spiro atoms. The molecule has 0 fully saturated rings. The summed E-state index contributed by atoms with van der Waals surface area (Å²) in [5.74, 6) is 0. The van der Waals surface area contributed by atoms with Crippen LogP contribution >= 0.6 is 11.3 Å². The Kier molecular flexibility index (Phi) is 3.93. The van der Waals surface area contributed by atoms with Gasteiger partial charge >= 0.3 is 0 Å². The zero-order valence-corrected chi connectivity index (χ0v) is 10.6. The molecule has 1 unspecified atom stereocenters. The molecule has 0 saturated heterocycles. The third kappa shape index (κ3) is 2.25. The lowest BCUT2D eigenvalue weighted by molar-refractivity contribution is 0.173. The van der Waals surface area contributed by atoms with Crippen LogP contribution in [-0.2, 0) is 5.41 Å². The summed E-state index contributed by atoms with van der Waals surface area (Å²) in [4.78, 5) is 1.28. The summed E-state index contributed by atoms with van der Waals surface area (Å²) in [5, 5.41) is 11.3. The van der Waals surface area contributed by atoms with Gasteiger partial charge in [0.25, 0.3) is 0 Å². The number of hydrogen-bond acceptors (Lipinski definition) is 3. The summed E-state index contributed by atoms with van der Waals surface area (Å²) in [6.45, 7) is 6.42. The van der Waals surface area contributed by atoms with Crippen LogP contribution < -0.4 is 5.73 Å². The molecule has 15 heavy (non-hydrogen) atoms. The van der Waals surface area contributed by atoms with E-state index in [-0.39, 0.29) is 17.6 Å². The molecule has 86 valence electrons. The number of aliphatic hydroxyl groups excluding tert-OH is 1. The van der Waals surface area contributed by atoms with Crippen LogP contribution in [0.15, 0.2) is 17.5 Å². The first kappa shape index (κ1) is 12.7. The molecule has 1 atom stereocenters. The van der Waals surface area contributed by atoms with Crippen LogP contribution in [0.1, 0.15) is 38.5 Å². The minimum Gasteiger partial charge on any atom is -0.396 e. The number of hydrogen-bond donors (Lipinski definition) is 2. The summed E-state index contributed by atoms with van der Waals surface area (Å²) in [5.41, 5.74) is 5.89. The minimum absolute atomic E-state index is 0.101. The van der Waals surface area contributed by atoms with Crippen LogP contribution in [0.2, 0.25) is 0 Å². The Morgan fingerprint density at radius 1 is 1.47 bits per heavy atom. The summed E-state index contributed by atoms with van der Waals surface area (Å²) >= 11 is 1.73. The Hall–Kier alpha value is -0.380. The van der Waals surface area contributed by atoms with E-state index in [1.807, 2.05) is 19.9 Å². The first-order valence-corrected chi connectivity index (χ1v) is 6.29. The monoisotopic (exact) mass is 227 g/mol. The van der Waals surface area contributed by atoms with Crippen LogP contribution in [0.25, 0.3) is 0 Å². The van der Waals surface area contributed by atoms with Gasteiger partial charge < -0.3 is 10.8 Å². The molecule has 0 aliphatic heterocycles. The van der Waals surface area contributed by atoms with E-state index >= 15 is 0 Å². The summed E-state index contributed by atoms with van der Waals surface area (Å²) in [6.07, 6.45) is 1.69. The average Bonchev–Trinajstić information content (AvgIpc) is 2.65. The number of rotatable bonds is 5. The highest BCUT2D eigenvalue weighted by atomic mass is 32.1.